The number of benzene rings is 1. The molecule has 174 valence electrons. The van der Waals surface area contributed by atoms with E-state index in [2.05, 4.69) is 4.98 Å². The smallest absolute Gasteiger partial charge is 0.403 e. The highest BCUT2D eigenvalue weighted by molar-refractivity contribution is 7.71. The number of rotatable bonds is 4. The largest absolute Gasteiger partial charge is 0.530 e. The number of halogens is 2. The number of fused-ring (bicyclic) bond motifs is 1. The van der Waals surface area contributed by atoms with Crippen molar-refractivity contribution in [1.82, 2.24) is 9.55 Å². The SMILES string of the molecule is Cc1cc(C)c2c(c1)COP(=O)(OC[C@@]1(F)O[C@@H](n3cc(Cl)c(=O)[nH]c3=S)[C@H](O)[C@@H]1O)O2. The van der Waals surface area contributed by atoms with Crippen molar-refractivity contribution < 1.29 is 37.5 Å². The van der Waals surface area contributed by atoms with Crippen molar-refractivity contribution in [3.8, 4) is 5.75 Å². The zero-order chi connectivity index (χ0) is 23.4. The molecule has 32 heavy (non-hydrogen) atoms. The third-order valence-electron chi connectivity index (χ3n) is 5.07. The topological polar surface area (TPSA) is 132 Å². The van der Waals surface area contributed by atoms with Gasteiger partial charge in [0.25, 0.3) is 11.4 Å². The highest BCUT2D eigenvalue weighted by Crippen LogP contribution is 2.56. The molecule has 5 atom stereocenters. The zero-order valence-electron chi connectivity index (χ0n) is 16.8. The van der Waals surface area contributed by atoms with Gasteiger partial charge in [-0.15, -0.1) is 0 Å². The van der Waals surface area contributed by atoms with Gasteiger partial charge in [0.05, 0.1) is 6.61 Å². The second kappa shape index (κ2) is 8.30. The fraction of sp³-hybridized carbons (Fsp3) is 0.444. The van der Waals surface area contributed by atoms with Crippen molar-refractivity contribution in [2.45, 2.75) is 44.7 Å². The maximum Gasteiger partial charge on any atom is 0.530 e. The minimum atomic E-state index is -4.25. The number of H-pyrrole nitrogens is 1. The number of alkyl halides is 1. The Morgan fingerprint density at radius 1 is 1.44 bits per heavy atom. The first kappa shape index (κ1) is 23.5. The van der Waals surface area contributed by atoms with Gasteiger partial charge >= 0.3 is 7.82 Å². The number of aromatic amines is 1. The van der Waals surface area contributed by atoms with Crippen LogP contribution in [0.15, 0.2) is 23.1 Å². The van der Waals surface area contributed by atoms with Crippen LogP contribution in [0.25, 0.3) is 0 Å². The number of nitrogens with one attached hydrogen (secondary N) is 1. The van der Waals surface area contributed by atoms with E-state index >= 15 is 4.39 Å². The molecule has 0 spiro atoms. The minimum Gasteiger partial charge on any atom is -0.403 e. The van der Waals surface area contributed by atoms with Gasteiger partial charge in [-0.05, 0) is 31.6 Å². The van der Waals surface area contributed by atoms with Gasteiger partial charge in [0.2, 0.25) is 0 Å². The van der Waals surface area contributed by atoms with Crippen LogP contribution >= 0.6 is 31.6 Å². The van der Waals surface area contributed by atoms with Gasteiger partial charge in [-0.2, -0.15) is 0 Å². The summed E-state index contributed by atoms with van der Waals surface area (Å²) in [6.07, 6.45) is -4.46. The fourth-order valence-corrected chi connectivity index (χ4v) is 5.24. The van der Waals surface area contributed by atoms with E-state index in [9.17, 15) is 19.6 Å². The lowest BCUT2D eigenvalue weighted by Gasteiger charge is -2.29. The number of ether oxygens (including phenoxy) is 1. The van der Waals surface area contributed by atoms with Crippen LogP contribution in [0.4, 0.5) is 4.39 Å². The summed E-state index contributed by atoms with van der Waals surface area (Å²) >= 11 is 10.7. The Bertz CT molecular complexity index is 1240. The Morgan fingerprint density at radius 2 is 2.16 bits per heavy atom. The molecule has 2 aliphatic heterocycles. The van der Waals surface area contributed by atoms with Crippen LogP contribution in [0, 0.1) is 18.6 Å². The molecule has 2 aliphatic rings. The maximum absolute atomic E-state index is 15.4. The molecule has 10 nitrogen and oxygen atoms in total. The lowest BCUT2D eigenvalue weighted by Crippen LogP contribution is -2.43. The molecule has 0 aliphatic carbocycles. The molecule has 0 bridgehead atoms. The van der Waals surface area contributed by atoms with Gasteiger partial charge in [-0.1, -0.05) is 29.3 Å². The van der Waals surface area contributed by atoms with E-state index in [1.165, 1.54) is 0 Å². The molecule has 3 N–H and O–H groups in total. The number of hydrogen-bond acceptors (Lipinski definition) is 9. The Morgan fingerprint density at radius 3 is 2.88 bits per heavy atom. The number of aryl methyl sites for hydroxylation is 2. The van der Waals surface area contributed by atoms with Crippen molar-refractivity contribution in [3.63, 3.8) is 0 Å². The van der Waals surface area contributed by atoms with Crippen LogP contribution in [0.3, 0.4) is 0 Å². The second-order valence-corrected chi connectivity index (χ2v) is 9.92. The van der Waals surface area contributed by atoms with Crippen LogP contribution in [0.5, 0.6) is 5.75 Å². The van der Waals surface area contributed by atoms with Crippen molar-refractivity contribution in [1.29, 1.82) is 0 Å². The summed E-state index contributed by atoms with van der Waals surface area (Å²) in [5.41, 5.74) is 1.62. The standard InChI is InChI=1S/C18H19ClFN2O8PS/c1-8-3-9(2)13-10(4-8)6-27-31(26,30-13)28-7-18(20)14(24)12(23)16(29-18)22-5-11(19)15(25)21-17(22)32/h3-5,12,14,16,23-24H,6-7H2,1-2H3,(H,21,25,32)/t12-,14+,16-,18-,31?/m1/s1. The molecular weight excluding hydrogens is 490 g/mol. The Kier molecular flexibility index (Phi) is 6.10. The van der Waals surface area contributed by atoms with Crippen LogP contribution in [0.1, 0.15) is 22.9 Å². The Hall–Kier alpha value is -1.63. The normalized spacial score (nSPS) is 31.9. The van der Waals surface area contributed by atoms with E-state index in [1.54, 1.807) is 13.0 Å². The third-order valence-corrected chi connectivity index (χ3v) is 6.95. The van der Waals surface area contributed by atoms with Gasteiger partial charge in [-0.25, -0.2) is 8.96 Å². The number of phosphoric acid groups is 1. The lowest BCUT2D eigenvalue weighted by molar-refractivity contribution is -0.205. The molecule has 14 heteroatoms. The number of aliphatic hydroxyl groups is 2. The van der Waals surface area contributed by atoms with E-state index in [4.69, 9.17) is 42.1 Å². The molecule has 0 amide bonds. The Balaban J connectivity index is 1.53. The Labute approximate surface area is 191 Å². The fourth-order valence-electron chi connectivity index (χ4n) is 3.54. The first-order chi connectivity index (χ1) is 14.9. The van der Waals surface area contributed by atoms with E-state index in [0.29, 0.717) is 16.9 Å². The van der Waals surface area contributed by atoms with E-state index in [1.807, 2.05) is 13.0 Å². The van der Waals surface area contributed by atoms with Crippen LogP contribution in [-0.4, -0.2) is 44.4 Å². The summed E-state index contributed by atoms with van der Waals surface area (Å²) in [6, 6.07) is 3.61. The van der Waals surface area contributed by atoms with Crippen LogP contribution < -0.4 is 10.1 Å². The lowest BCUT2D eigenvalue weighted by atomic mass is 10.1. The number of phosphoric ester groups is 1. The summed E-state index contributed by atoms with van der Waals surface area (Å²) in [4.78, 5) is 13.8. The predicted molar refractivity (Wildman–Crippen MR) is 112 cm³/mol. The number of aliphatic hydroxyl groups excluding tert-OH is 2. The molecule has 1 aromatic carbocycles. The summed E-state index contributed by atoms with van der Waals surface area (Å²) in [7, 11) is -4.25. The predicted octanol–water partition coefficient (Wildman–Crippen LogP) is 2.83. The third kappa shape index (κ3) is 4.17. The second-order valence-electron chi connectivity index (χ2n) is 7.53. The zero-order valence-corrected chi connectivity index (χ0v) is 19.2. The van der Waals surface area contributed by atoms with Gasteiger partial charge < -0.3 is 19.5 Å². The van der Waals surface area contributed by atoms with Crippen molar-refractivity contribution >= 4 is 31.6 Å². The van der Waals surface area contributed by atoms with Crippen LogP contribution in [-0.2, 0) is 25.0 Å². The summed E-state index contributed by atoms with van der Waals surface area (Å²) < 4.78 is 49.9. The molecule has 4 rings (SSSR count). The highest BCUT2D eigenvalue weighted by Gasteiger charge is 2.57. The van der Waals surface area contributed by atoms with E-state index in [-0.39, 0.29) is 16.4 Å². The number of nitrogens with zero attached hydrogens (tertiary/aromatic N) is 1. The molecule has 1 aromatic heterocycles. The van der Waals surface area contributed by atoms with Crippen LogP contribution in [0.2, 0.25) is 5.02 Å². The van der Waals surface area contributed by atoms with E-state index < -0.39 is 44.3 Å². The van der Waals surface area contributed by atoms with Gasteiger partial charge in [-0.3, -0.25) is 23.4 Å². The molecule has 0 radical (unpaired) electrons. The van der Waals surface area contributed by atoms with Gasteiger partial charge in [0.15, 0.2) is 11.0 Å². The monoisotopic (exact) mass is 508 g/mol. The van der Waals surface area contributed by atoms with Crippen molar-refractivity contribution in [3.05, 3.63) is 55.2 Å². The molecule has 2 aromatic rings. The van der Waals surface area contributed by atoms with Gasteiger partial charge in [0.1, 0.15) is 29.6 Å². The molecule has 1 saturated heterocycles. The van der Waals surface area contributed by atoms with E-state index in [0.717, 1.165) is 16.3 Å². The molecule has 0 saturated carbocycles. The quantitative estimate of drug-likeness (QED) is 0.421. The average Bonchev–Trinajstić information content (AvgIpc) is 2.95. The minimum absolute atomic E-state index is 0.0892. The molecule has 1 unspecified atom stereocenters. The number of aromatic nitrogens is 2. The molecular formula is C18H19ClFN2O8PS. The van der Waals surface area contributed by atoms with Crippen molar-refractivity contribution in [2.75, 3.05) is 6.61 Å². The maximum atomic E-state index is 15.4. The summed E-state index contributed by atoms with van der Waals surface area (Å²) in [5.74, 6) is -2.70. The summed E-state index contributed by atoms with van der Waals surface area (Å²) in [6.45, 7) is 2.45. The highest BCUT2D eigenvalue weighted by atomic mass is 35.5. The first-order valence-corrected chi connectivity index (χ1v) is 11.6. The molecule has 1 fully saturated rings. The number of hydrogen-bond donors (Lipinski definition) is 3. The first-order valence-electron chi connectivity index (χ1n) is 9.35. The summed E-state index contributed by atoms with van der Waals surface area (Å²) in [5, 5.41) is 20.3. The average molecular weight is 509 g/mol. The van der Waals surface area contributed by atoms with Crippen molar-refractivity contribution in [2.24, 2.45) is 0 Å². The molecule has 3 heterocycles. The van der Waals surface area contributed by atoms with Gasteiger partial charge in [0, 0.05) is 11.8 Å².